The lowest BCUT2D eigenvalue weighted by molar-refractivity contribution is 0.102. The number of carbonyl (C=O) groups excluding carboxylic acids is 1. The molecule has 3 rings (SSSR count). The summed E-state index contributed by atoms with van der Waals surface area (Å²) in [6.07, 6.45) is 3.38. The van der Waals surface area contributed by atoms with Gasteiger partial charge in [0, 0.05) is 18.1 Å². The number of anilines is 1. The number of amides is 1. The normalized spacial score (nSPS) is 10.3. The number of rotatable bonds is 3. The lowest BCUT2D eigenvalue weighted by Crippen LogP contribution is -2.12. The van der Waals surface area contributed by atoms with Crippen molar-refractivity contribution in [3.8, 4) is 5.82 Å². The molecule has 104 valence electrons. The highest BCUT2D eigenvalue weighted by molar-refractivity contribution is 6.04. The zero-order chi connectivity index (χ0) is 14.7. The van der Waals surface area contributed by atoms with E-state index >= 15 is 0 Å². The maximum absolute atomic E-state index is 12.1. The van der Waals surface area contributed by atoms with Crippen LogP contribution < -0.4 is 5.32 Å². The Bertz CT molecular complexity index is 747. The Labute approximate surface area is 122 Å². The molecule has 0 aliphatic rings. The van der Waals surface area contributed by atoms with Gasteiger partial charge in [-0.25, -0.2) is 9.67 Å². The number of hydrogen-bond donors (Lipinski definition) is 1. The van der Waals surface area contributed by atoms with Crippen molar-refractivity contribution in [1.29, 1.82) is 0 Å². The van der Waals surface area contributed by atoms with E-state index in [1.165, 1.54) is 0 Å². The summed E-state index contributed by atoms with van der Waals surface area (Å²) in [5.74, 6) is 0.497. The summed E-state index contributed by atoms with van der Waals surface area (Å²) in [5, 5.41) is 7.10. The van der Waals surface area contributed by atoms with Crippen molar-refractivity contribution in [2.75, 3.05) is 5.32 Å². The Morgan fingerprint density at radius 3 is 2.52 bits per heavy atom. The summed E-state index contributed by atoms with van der Waals surface area (Å²) in [6.45, 7) is 1.91. The van der Waals surface area contributed by atoms with Gasteiger partial charge < -0.3 is 5.32 Å². The molecule has 0 aliphatic carbocycles. The molecule has 0 atom stereocenters. The predicted molar refractivity (Wildman–Crippen MR) is 80.5 cm³/mol. The van der Waals surface area contributed by atoms with Crippen LogP contribution >= 0.6 is 0 Å². The number of carbonyl (C=O) groups is 1. The van der Waals surface area contributed by atoms with E-state index in [0.717, 1.165) is 11.4 Å². The Morgan fingerprint density at radius 2 is 1.90 bits per heavy atom. The monoisotopic (exact) mass is 278 g/mol. The Morgan fingerprint density at radius 1 is 1.10 bits per heavy atom. The minimum Gasteiger partial charge on any atom is -0.322 e. The third-order valence-electron chi connectivity index (χ3n) is 3.00. The molecule has 0 saturated heterocycles. The van der Waals surface area contributed by atoms with E-state index in [9.17, 15) is 4.79 Å². The van der Waals surface area contributed by atoms with Crippen LogP contribution in [-0.2, 0) is 0 Å². The third kappa shape index (κ3) is 2.97. The van der Waals surface area contributed by atoms with Gasteiger partial charge >= 0.3 is 0 Å². The average molecular weight is 278 g/mol. The molecule has 5 nitrogen and oxygen atoms in total. The molecule has 0 bridgehead atoms. The van der Waals surface area contributed by atoms with Gasteiger partial charge in [0.2, 0.25) is 0 Å². The van der Waals surface area contributed by atoms with E-state index < -0.39 is 0 Å². The van der Waals surface area contributed by atoms with Crippen molar-refractivity contribution in [3.63, 3.8) is 0 Å². The standard InChI is InChI=1S/C16H14N4O/c1-12-9-10-20(19-12)15-8-7-13(11-17-15)16(21)18-14-5-3-2-4-6-14/h2-11H,1H3,(H,18,21). The number of aromatic nitrogens is 3. The highest BCUT2D eigenvalue weighted by Gasteiger charge is 2.07. The number of pyridine rings is 1. The van der Waals surface area contributed by atoms with Gasteiger partial charge in [-0.15, -0.1) is 0 Å². The molecule has 0 spiro atoms. The van der Waals surface area contributed by atoms with E-state index in [1.54, 1.807) is 23.0 Å². The zero-order valence-electron chi connectivity index (χ0n) is 11.5. The van der Waals surface area contributed by atoms with Gasteiger partial charge in [0.05, 0.1) is 11.3 Å². The summed E-state index contributed by atoms with van der Waals surface area (Å²) in [5.41, 5.74) is 2.18. The van der Waals surface area contributed by atoms with Crippen molar-refractivity contribution in [3.05, 3.63) is 72.2 Å². The molecular formula is C16H14N4O. The van der Waals surface area contributed by atoms with Crippen LogP contribution in [0.5, 0.6) is 0 Å². The molecule has 3 aromatic rings. The minimum atomic E-state index is -0.183. The Hall–Kier alpha value is -2.95. The molecule has 2 heterocycles. The zero-order valence-corrected chi connectivity index (χ0v) is 11.5. The third-order valence-corrected chi connectivity index (χ3v) is 3.00. The van der Waals surface area contributed by atoms with Crippen LogP contribution in [0.1, 0.15) is 16.1 Å². The van der Waals surface area contributed by atoms with Crippen molar-refractivity contribution in [1.82, 2.24) is 14.8 Å². The van der Waals surface area contributed by atoms with E-state index in [4.69, 9.17) is 0 Å². The molecule has 5 heteroatoms. The second-order valence-corrected chi connectivity index (χ2v) is 4.63. The molecule has 0 fully saturated rings. The van der Waals surface area contributed by atoms with Crippen LogP contribution in [0.2, 0.25) is 0 Å². The van der Waals surface area contributed by atoms with Gasteiger partial charge in [-0.3, -0.25) is 4.79 Å². The van der Waals surface area contributed by atoms with Gasteiger partial charge in [-0.1, -0.05) is 18.2 Å². The molecule has 21 heavy (non-hydrogen) atoms. The summed E-state index contributed by atoms with van der Waals surface area (Å²) in [7, 11) is 0. The van der Waals surface area contributed by atoms with Crippen molar-refractivity contribution in [2.45, 2.75) is 6.92 Å². The Balaban J connectivity index is 1.76. The first-order chi connectivity index (χ1) is 10.2. The van der Waals surface area contributed by atoms with Gasteiger partial charge in [0.15, 0.2) is 5.82 Å². The van der Waals surface area contributed by atoms with Gasteiger partial charge in [0.1, 0.15) is 0 Å². The predicted octanol–water partition coefficient (Wildman–Crippen LogP) is 2.83. The largest absolute Gasteiger partial charge is 0.322 e. The lowest BCUT2D eigenvalue weighted by Gasteiger charge is -2.05. The molecule has 1 amide bonds. The Kier molecular flexibility index (Phi) is 3.47. The first-order valence-corrected chi connectivity index (χ1v) is 6.57. The number of benzene rings is 1. The highest BCUT2D eigenvalue weighted by atomic mass is 16.1. The molecule has 1 N–H and O–H groups in total. The van der Waals surface area contributed by atoms with E-state index in [0.29, 0.717) is 11.4 Å². The SMILES string of the molecule is Cc1ccn(-c2ccc(C(=O)Nc3ccccc3)cn2)n1. The van der Waals surface area contributed by atoms with Crippen LogP contribution in [-0.4, -0.2) is 20.7 Å². The molecule has 2 aromatic heterocycles. The summed E-state index contributed by atoms with van der Waals surface area (Å²) in [6, 6.07) is 14.7. The van der Waals surface area contributed by atoms with E-state index in [1.807, 2.05) is 49.5 Å². The number of aryl methyl sites for hydroxylation is 1. The average Bonchev–Trinajstić information content (AvgIpc) is 2.95. The number of nitrogens with one attached hydrogen (secondary N) is 1. The second-order valence-electron chi connectivity index (χ2n) is 4.63. The van der Waals surface area contributed by atoms with Crippen molar-refractivity contribution in [2.24, 2.45) is 0 Å². The fraction of sp³-hybridized carbons (Fsp3) is 0.0625. The second kappa shape index (κ2) is 5.58. The molecular weight excluding hydrogens is 264 g/mol. The molecule has 1 aromatic carbocycles. The summed E-state index contributed by atoms with van der Waals surface area (Å²) < 4.78 is 1.67. The van der Waals surface area contributed by atoms with Gasteiger partial charge in [-0.2, -0.15) is 5.10 Å². The van der Waals surface area contributed by atoms with Gasteiger partial charge in [-0.05, 0) is 37.3 Å². The summed E-state index contributed by atoms with van der Waals surface area (Å²) >= 11 is 0. The van der Waals surface area contributed by atoms with Crippen LogP contribution in [0, 0.1) is 6.92 Å². The highest BCUT2D eigenvalue weighted by Crippen LogP contribution is 2.10. The molecule has 0 radical (unpaired) electrons. The van der Waals surface area contributed by atoms with Crippen LogP contribution in [0.15, 0.2) is 60.9 Å². The minimum absolute atomic E-state index is 0.183. The number of para-hydroxylation sites is 1. The molecule has 0 aliphatic heterocycles. The van der Waals surface area contributed by atoms with Crippen molar-refractivity contribution >= 4 is 11.6 Å². The van der Waals surface area contributed by atoms with Crippen LogP contribution in [0.4, 0.5) is 5.69 Å². The maximum Gasteiger partial charge on any atom is 0.257 e. The first kappa shape index (κ1) is 13.1. The van der Waals surface area contributed by atoms with E-state index in [2.05, 4.69) is 15.4 Å². The van der Waals surface area contributed by atoms with Crippen LogP contribution in [0.3, 0.4) is 0 Å². The quantitative estimate of drug-likeness (QED) is 0.801. The maximum atomic E-state index is 12.1. The smallest absolute Gasteiger partial charge is 0.257 e. The van der Waals surface area contributed by atoms with Gasteiger partial charge in [0.25, 0.3) is 5.91 Å². The molecule has 0 unspecified atom stereocenters. The number of nitrogens with zero attached hydrogens (tertiary/aromatic N) is 3. The van der Waals surface area contributed by atoms with Crippen molar-refractivity contribution < 1.29 is 4.79 Å². The fourth-order valence-corrected chi connectivity index (χ4v) is 1.92. The van der Waals surface area contributed by atoms with E-state index in [-0.39, 0.29) is 5.91 Å². The fourth-order valence-electron chi connectivity index (χ4n) is 1.92. The molecule has 0 saturated carbocycles. The topological polar surface area (TPSA) is 59.8 Å². The first-order valence-electron chi connectivity index (χ1n) is 6.57. The lowest BCUT2D eigenvalue weighted by atomic mass is 10.2. The van der Waals surface area contributed by atoms with Crippen LogP contribution in [0.25, 0.3) is 5.82 Å². The number of hydrogen-bond acceptors (Lipinski definition) is 3. The summed E-state index contributed by atoms with van der Waals surface area (Å²) in [4.78, 5) is 16.4.